The maximum atomic E-state index is 12.5. The van der Waals surface area contributed by atoms with Gasteiger partial charge in [-0.1, -0.05) is 29.8 Å². The third-order valence-electron chi connectivity index (χ3n) is 4.64. The topological polar surface area (TPSA) is 60.0 Å². The van der Waals surface area contributed by atoms with Gasteiger partial charge in [0.2, 0.25) is 0 Å². The highest BCUT2D eigenvalue weighted by Crippen LogP contribution is 2.25. The fraction of sp³-hybridized carbons (Fsp3) is 0.409. The van der Waals surface area contributed by atoms with Crippen LogP contribution >= 0.6 is 0 Å². The molecule has 0 aliphatic carbocycles. The van der Waals surface area contributed by atoms with Gasteiger partial charge in [-0.2, -0.15) is 0 Å². The molecule has 2 amide bonds. The lowest BCUT2D eigenvalue weighted by Gasteiger charge is -2.20. The van der Waals surface area contributed by atoms with Crippen molar-refractivity contribution in [1.29, 1.82) is 0 Å². The molecule has 0 unspecified atom stereocenters. The van der Waals surface area contributed by atoms with Crippen LogP contribution in [0.4, 0.5) is 10.5 Å². The first-order valence-electron chi connectivity index (χ1n) is 9.67. The number of nitrogens with one attached hydrogen (secondary N) is 1. The Balaban J connectivity index is 1.47. The number of likely N-dealkylation sites (N-methyl/N-ethyl adjacent to an activating group) is 1. The van der Waals surface area contributed by atoms with Gasteiger partial charge in [0.25, 0.3) is 0 Å². The van der Waals surface area contributed by atoms with Crippen molar-refractivity contribution in [2.75, 3.05) is 38.7 Å². The highest BCUT2D eigenvalue weighted by atomic mass is 16.5. The summed E-state index contributed by atoms with van der Waals surface area (Å²) in [5, 5.41) is 2.91. The molecule has 0 aromatic heterocycles. The second kappa shape index (κ2) is 9.99. The zero-order valence-electron chi connectivity index (χ0n) is 16.5. The summed E-state index contributed by atoms with van der Waals surface area (Å²) in [4.78, 5) is 14.1. The number of hydrogen-bond donors (Lipinski definition) is 1. The van der Waals surface area contributed by atoms with Crippen LogP contribution in [0.1, 0.15) is 18.4 Å². The molecule has 1 aliphatic heterocycles. The van der Waals surface area contributed by atoms with Crippen LogP contribution in [0.2, 0.25) is 0 Å². The molecule has 2 aromatic carbocycles. The van der Waals surface area contributed by atoms with E-state index in [4.69, 9.17) is 14.2 Å². The molecule has 2 aromatic rings. The molecule has 1 fully saturated rings. The quantitative estimate of drug-likeness (QED) is 0.745. The summed E-state index contributed by atoms with van der Waals surface area (Å²) in [6.07, 6.45) is 2.21. The van der Waals surface area contributed by atoms with Gasteiger partial charge in [0.15, 0.2) is 0 Å². The molecule has 1 N–H and O–H groups in total. The van der Waals surface area contributed by atoms with Gasteiger partial charge in [0.1, 0.15) is 24.7 Å². The van der Waals surface area contributed by atoms with E-state index in [-0.39, 0.29) is 12.1 Å². The molecular formula is C22H28N2O4. The Labute approximate surface area is 166 Å². The SMILES string of the molecule is Cc1ccc(OCCN(C)C(=O)Nc2ccccc2OC[C@H]2CCCO2)cc1. The van der Waals surface area contributed by atoms with Crippen LogP contribution in [0.25, 0.3) is 0 Å². The average molecular weight is 384 g/mol. The minimum atomic E-state index is -0.208. The van der Waals surface area contributed by atoms with E-state index in [1.807, 2.05) is 55.5 Å². The normalized spacial score (nSPS) is 15.9. The van der Waals surface area contributed by atoms with Crippen LogP contribution in [0, 0.1) is 6.92 Å². The van der Waals surface area contributed by atoms with Crippen LogP contribution in [0.5, 0.6) is 11.5 Å². The van der Waals surface area contributed by atoms with E-state index in [0.717, 1.165) is 25.2 Å². The van der Waals surface area contributed by atoms with Crippen LogP contribution < -0.4 is 14.8 Å². The standard InChI is InChI=1S/C22H28N2O4/c1-17-9-11-18(12-10-17)27-15-13-24(2)22(25)23-20-7-3-4-8-21(20)28-16-19-6-5-14-26-19/h3-4,7-12,19H,5-6,13-16H2,1-2H3,(H,23,25)/t19-/m1/s1. The van der Waals surface area contributed by atoms with E-state index in [1.54, 1.807) is 11.9 Å². The minimum Gasteiger partial charge on any atom is -0.492 e. The first-order chi connectivity index (χ1) is 13.6. The first kappa shape index (κ1) is 20.0. The monoisotopic (exact) mass is 384 g/mol. The molecule has 6 nitrogen and oxygen atoms in total. The molecule has 0 saturated carbocycles. The minimum absolute atomic E-state index is 0.130. The number of nitrogens with zero attached hydrogens (tertiary/aromatic N) is 1. The third-order valence-corrected chi connectivity index (χ3v) is 4.64. The van der Waals surface area contributed by atoms with Crippen LogP contribution in [0.3, 0.4) is 0 Å². The van der Waals surface area contributed by atoms with Gasteiger partial charge in [0.05, 0.1) is 18.3 Å². The third kappa shape index (κ3) is 5.89. The molecule has 3 rings (SSSR count). The summed E-state index contributed by atoms with van der Waals surface area (Å²) >= 11 is 0. The van der Waals surface area contributed by atoms with Crippen molar-refractivity contribution in [1.82, 2.24) is 4.90 Å². The predicted molar refractivity (Wildman–Crippen MR) is 109 cm³/mol. The van der Waals surface area contributed by atoms with Crippen molar-refractivity contribution in [2.24, 2.45) is 0 Å². The molecule has 1 atom stereocenters. The Morgan fingerprint density at radius 1 is 1.18 bits per heavy atom. The maximum absolute atomic E-state index is 12.5. The number of urea groups is 1. The summed E-state index contributed by atoms with van der Waals surface area (Å²) < 4.78 is 17.1. The van der Waals surface area contributed by atoms with E-state index < -0.39 is 0 Å². The molecule has 6 heteroatoms. The second-order valence-electron chi connectivity index (χ2n) is 6.96. The molecule has 0 spiro atoms. The first-order valence-corrected chi connectivity index (χ1v) is 9.67. The molecule has 150 valence electrons. The molecule has 0 radical (unpaired) electrons. The van der Waals surface area contributed by atoms with Crippen LogP contribution in [-0.4, -0.2) is 50.4 Å². The molecule has 1 heterocycles. The lowest BCUT2D eigenvalue weighted by molar-refractivity contribution is 0.0682. The summed E-state index contributed by atoms with van der Waals surface area (Å²) in [6, 6.07) is 15.1. The number of para-hydroxylation sites is 2. The number of rotatable bonds is 8. The molecular weight excluding hydrogens is 356 g/mol. The van der Waals surface area contributed by atoms with Crippen LogP contribution in [0.15, 0.2) is 48.5 Å². The Bertz CT molecular complexity index is 757. The number of carbonyl (C=O) groups excluding carboxylic acids is 1. The highest BCUT2D eigenvalue weighted by Gasteiger charge is 2.17. The summed E-state index contributed by atoms with van der Waals surface area (Å²) in [5.41, 5.74) is 1.83. The van der Waals surface area contributed by atoms with E-state index in [0.29, 0.717) is 31.2 Å². The largest absolute Gasteiger partial charge is 0.492 e. The fourth-order valence-electron chi connectivity index (χ4n) is 2.90. The summed E-state index contributed by atoms with van der Waals surface area (Å²) in [6.45, 7) is 4.21. The zero-order chi connectivity index (χ0) is 19.8. The van der Waals surface area contributed by atoms with Crippen molar-refractivity contribution in [3.8, 4) is 11.5 Å². The van der Waals surface area contributed by atoms with Crippen molar-refractivity contribution >= 4 is 11.7 Å². The van der Waals surface area contributed by atoms with Gasteiger partial charge < -0.3 is 24.4 Å². The number of benzene rings is 2. The lowest BCUT2D eigenvalue weighted by Crippen LogP contribution is -2.34. The van der Waals surface area contributed by atoms with Gasteiger partial charge in [-0.3, -0.25) is 0 Å². The number of aryl methyl sites for hydroxylation is 1. The fourth-order valence-corrected chi connectivity index (χ4v) is 2.90. The van der Waals surface area contributed by atoms with Crippen molar-refractivity contribution in [3.63, 3.8) is 0 Å². The molecule has 28 heavy (non-hydrogen) atoms. The highest BCUT2D eigenvalue weighted by molar-refractivity contribution is 5.90. The van der Waals surface area contributed by atoms with Gasteiger partial charge in [-0.15, -0.1) is 0 Å². The Morgan fingerprint density at radius 3 is 2.71 bits per heavy atom. The number of ether oxygens (including phenoxy) is 3. The van der Waals surface area contributed by atoms with Gasteiger partial charge in [-0.05, 0) is 44.0 Å². The summed E-state index contributed by atoms with van der Waals surface area (Å²) in [5.74, 6) is 1.45. The summed E-state index contributed by atoms with van der Waals surface area (Å²) in [7, 11) is 1.74. The Morgan fingerprint density at radius 2 is 1.96 bits per heavy atom. The van der Waals surface area contributed by atoms with Gasteiger partial charge >= 0.3 is 6.03 Å². The van der Waals surface area contributed by atoms with Crippen LogP contribution in [-0.2, 0) is 4.74 Å². The predicted octanol–water partition coefficient (Wildman–Crippen LogP) is 4.10. The molecule has 1 aliphatic rings. The van der Waals surface area contributed by atoms with Crippen molar-refractivity contribution in [3.05, 3.63) is 54.1 Å². The maximum Gasteiger partial charge on any atom is 0.321 e. The molecule has 1 saturated heterocycles. The smallest absolute Gasteiger partial charge is 0.321 e. The Kier molecular flexibility index (Phi) is 7.14. The van der Waals surface area contributed by atoms with Gasteiger partial charge in [0, 0.05) is 13.7 Å². The van der Waals surface area contributed by atoms with Gasteiger partial charge in [-0.25, -0.2) is 4.79 Å². The number of anilines is 1. The second-order valence-corrected chi connectivity index (χ2v) is 6.96. The van der Waals surface area contributed by atoms with Crippen molar-refractivity contribution < 1.29 is 19.0 Å². The van der Waals surface area contributed by atoms with Crippen molar-refractivity contribution in [2.45, 2.75) is 25.9 Å². The lowest BCUT2D eigenvalue weighted by atomic mass is 10.2. The average Bonchev–Trinajstić information content (AvgIpc) is 3.22. The number of amides is 2. The zero-order valence-corrected chi connectivity index (χ0v) is 16.5. The van der Waals surface area contributed by atoms with E-state index in [2.05, 4.69) is 5.32 Å². The number of hydrogen-bond acceptors (Lipinski definition) is 4. The van der Waals surface area contributed by atoms with E-state index in [1.165, 1.54) is 5.56 Å². The Hall–Kier alpha value is -2.73. The number of carbonyl (C=O) groups is 1. The molecule has 0 bridgehead atoms. The van der Waals surface area contributed by atoms with E-state index in [9.17, 15) is 4.79 Å². The van der Waals surface area contributed by atoms with E-state index >= 15 is 0 Å².